The molecule has 0 aliphatic carbocycles. The summed E-state index contributed by atoms with van der Waals surface area (Å²) >= 11 is 0. The second kappa shape index (κ2) is 7.74. The minimum Gasteiger partial charge on any atom is -0.325 e. The Morgan fingerprint density at radius 3 is 2.55 bits per heavy atom. The third-order valence-corrected chi connectivity index (χ3v) is 2.59. The van der Waals surface area contributed by atoms with Crippen molar-refractivity contribution in [1.82, 2.24) is 0 Å². The van der Waals surface area contributed by atoms with E-state index in [0.717, 1.165) is 12.0 Å². The molecule has 5 heteroatoms. The molecule has 104 valence electrons. The van der Waals surface area contributed by atoms with Crippen LogP contribution in [0.4, 0.5) is 11.4 Å². The molecule has 0 saturated heterocycles. The number of nitrogens with zero attached hydrogens (tertiary/aromatic N) is 1. The van der Waals surface area contributed by atoms with E-state index in [2.05, 4.69) is 10.6 Å². The number of amides is 2. The lowest BCUT2D eigenvalue weighted by Gasteiger charge is -2.07. The molecule has 0 aromatic heterocycles. The number of carbonyl (C=O) groups excluding carboxylic acids is 2. The Morgan fingerprint density at radius 1 is 1.30 bits per heavy atom. The second-order valence-electron chi connectivity index (χ2n) is 4.30. The number of hydrogen-bond acceptors (Lipinski definition) is 3. The number of allylic oxidation sites excluding steroid dienone is 1. The van der Waals surface area contributed by atoms with Crippen LogP contribution in [0.3, 0.4) is 0 Å². The summed E-state index contributed by atoms with van der Waals surface area (Å²) in [5.41, 5.74) is 2.12. The molecule has 0 spiro atoms. The molecule has 0 unspecified atom stereocenters. The summed E-state index contributed by atoms with van der Waals surface area (Å²) in [5.74, 6) is -0.581. The highest BCUT2D eigenvalue weighted by Crippen LogP contribution is 2.15. The summed E-state index contributed by atoms with van der Waals surface area (Å²) in [4.78, 5) is 23.0. The highest BCUT2D eigenvalue weighted by atomic mass is 16.2. The van der Waals surface area contributed by atoms with Crippen molar-refractivity contribution in [2.75, 3.05) is 10.6 Å². The lowest BCUT2D eigenvalue weighted by molar-refractivity contribution is -0.115. The van der Waals surface area contributed by atoms with Gasteiger partial charge in [-0.1, -0.05) is 18.6 Å². The van der Waals surface area contributed by atoms with E-state index >= 15 is 0 Å². The molecule has 2 amide bonds. The van der Waals surface area contributed by atoms with Gasteiger partial charge in [0.05, 0.1) is 6.07 Å². The van der Waals surface area contributed by atoms with Gasteiger partial charge in [-0.3, -0.25) is 9.59 Å². The predicted octanol–water partition coefficient (Wildman–Crippen LogP) is 2.83. The van der Waals surface area contributed by atoms with E-state index in [0.29, 0.717) is 11.4 Å². The zero-order chi connectivity index (χ0) is 15.0. The van der Waals surface area contributed by atoms with Crippen molar-refractivity contribution in [3.63, 3.8) is 0 Å². The molecular formula is C15H17N3O2. The van der Waals surface area contributed by atoms with E-state index in [9.17, 15) is 9.59 Å². The Labute approximate surface area is 118 Å². The van der Waals surface area contributed by atoms with Crippen molar-refractivity contribution in [3.8, 4) is 6.07 Å². The monoisotopic (exact) mass is 271 g/mol. The van der Waals surface area contributed by atoms with Crippen LogP contribution in [0, 0.1) is 11.3 Å². The SMILES string of the molecule is CC/C(C)=C/C(=O)Nc1cccc(NC(=O)CC#N)c1. The van der Waals surface area contributed by atoms with Gasteiger partial charge in [-0.05, 0) is 31.5 Å². The average Bonchev–Trinajstić information content (AvgIpc) is 2.38. The molecule has 0 aliphatic heterocycles. The number of carbonyl (C=O) groups is 2. The first kappa shape index (κ1) is 15.4. The van der Waals surface area contributed by atoms with Gasteiger partial charge in [-0.15, -0.1) is 0 Å². The fraction of sp³-hybridized carbons (Fsp3) is 0.267. The third-order valence-electron chi connectivity index (χ3n) is 2.59. The normalized spacial score (nSPS) is 10.6. The molecule has 1 aromatic rings. The molecule has 1 rings (SSSR count). The van der Waals surface area contributed by atoms with Crippen molar-refractivity contribution < 1.29 is 9.59 Å². The van der Waals surface area contributed by atoms with Gasteiger partial charge in [-0.25, -0.2) is 0 Å². The summed E-state index contributed by atoms with van der Waals surface area (Å²) in [7, 11) is 0. The minimum atomic E-state index is -0.377. The molecule has 0 heterocycles. The maximum Gasteiger partial charge on any atom is 0.248 e. The number of anilines is 2. The van der Waals surface area contributed by atoms with Crippen molar-refractivity contribution in [2.45, 2.75) is 26.7 Å². The largest absolute Gasteiger partial charge is 0.325 e. The quantitative estimate of drug-likeness (QED) is 0.808. The van der Waals surface area contributed by atoms with Crippen molar-refractivity contribution in [3.05, 3.63) is 35.9 Å². The van der Waals surface area contributed by atoms with Crippen LogP contribution in [-0.2, 0) is 9.59 Å². The van der Waals surface area contributed by atoms with E-state index in [1.165, 1.54) is 0 Å². The molecule has 5 nitrogen and oxygen atoms in total. The fourth-order valence-corrected chi connectivity index (χ4v) is 1.46. The van der Waals surface area contributed by atoms with E-state index < -0.39 is 0 Å². The summed E-state index contributed by atoms with van der Waals surface area (Å²) in [6.45, 7) is 3.86. The summed E-state index contributed by atoms with van der Waals surface area (Å²) in [6, 6.07) is 8.55. The van der Waals surface area contributed by atoms with Crippen molar-refractivity contribution in [1.29, 1.82) is 5.26 Å². The molecule has 0 aliphatic rings. The number of nitriles is 1. The van der Waals surface area contributed by atoms with E-state index in [-0.39, 0.29) is 18.2 Å². The second-order valence-corrected chi connectivity index (χ2v) is 4.30. The van der Waals surface area contributed by atoms with Crippen LogP contribution in [-0.4, -0.2) is 11.8 Å². The molecule has 0 fully saturated rings. The summed E-state index contributed by atoms with van der Waals surface area (Å²) in [5, 5.41) is 13.7. The van der Waals surface area contributed by atoms with Crippen molar-refractivity contribution in [2.24, 2.45) is 0 Å². The highest BCUT2D eigenvalue weighted by Gasteiger charge is 2.03. The van der Waals surface area contributed by atoms with E-state index in [1.54, 1.807) is 36.4 Å². The Kier molecular flexibility index (Phi) is 5.98. The maximum absolute atomic E-state index is 11.7. The van der Waals surface area contributed by atoms with Gasteiger partial charge in [0.25, 0.3) is 0 Å². The first-order valence-electron chi connectivity index (χ1n) is 6.30. The Bertz CT molecular complexity index is 571. The molecule has 0 saturated carbocycles. The van der Waals surface area contributed by atoms with E-state index in [4.69, 9.17) is 5.26 Å². The van der Waals surface area contributed by atoms with Gasteiger partial charge >= 0.3 is 0 Å². The van der Waals surface area contributed by atoms with Crippen LogP contribution in [0.1, 0.15) is 26.7 Å². The molecule has 0 atom stereocenters. The van der Waals surface area contributed by atoms with Crippen LogP contribution in [0.15, 0.2) is 35.9 Å². The zero-order valence-electron chi connectivity index (χ0n) is 11.6. The van der Waals surface area contributed by atoms with Gasteiger partial charge in [0.15, 0.2) is 0 Å². The minimum absolute atomic E-state index is 0.199. The number of rotatable bonds is 5. The van der Waals surface area contributed by atoms with Gasteiger partial charge in [0, 0.05) is 17.5 Å². The summed E-state index contributed by atoms with van der Waals surface area (Å²) in [6.07, 6.45) is 2.16. The lowest BCUT2D eigenvalue weighted by Crippen LogP contribution is -2.11. The molecule has 0 radical (unpaired) electrons. The Balaban J connectivity index is 2.71. The average molecular weight is 271 g/mol. The van der Waals surface area contributed by atoms with E-state index in [1.807, 2.05) is 13.8 Å². The number of hydrogen-bond donors (Lipinski definition) is 2. The lowest BCUT2D eigenvalue weighted by atomic mass is 10.2. The first-order chi connectivity index (χ1) is 9.55. The molecule has 0 bridgehead atoms. The van der Waals surface area contributed by atoms with Gasteiger partial charge < -0.3 is 10.6 Å². The predicted molar refractivity (Wildman–Crippen MR) is 78.0 cm³/mol. The maximum atomic E-state index is 11.7. The van der Waals surface area contributed by atoms with Gasteiger partial charge in [0.1, 0.15) is 6.42 Å². The number of benzene rings is 1. The molecule has 2 N–H and O–H groups in total. The highest BCUT2D eigenvalue weighted by molar-refractivity contribution is 6.00. The van der Waals surface area contributed by atoms with Crippen LogP contribution in [0.2, 0.25) is 0 Å². The Morgan fingerprint density at radius 2 is 1.95 bits per heavy atom. The number of nitrogens with one attached hydrogen (secondary N) is 2. The van der Waals surface area contributed by atoms with Crippen LogP contribution >= 0.6 is 0 Å². The molecular weight excluding hydrogens is 254 g/mol. The molecule has 1 aromatic carbocycles. The third kappa shape index (κ3) is 5.36. The fourth-order valence-electron chi connectivity index (χ4n) is 1.46. The first-order valence-corrected chi connectivity index (χ1v) is 6.30. The zero-order valence-corrected chi connectivity index (χ0v) is 11.6. The van der Waals surface area contributed by atoms with Crippen LogP contribution < -0.4 is 10.6 Å². The smallest absolute Gasteiger partial charge is 0.248 e. The topological polar surface area (TPSA) is 82.0 Å². The Hall–Kier alpha value is -2.61. The van der Waals surface area contributed by atoms with Gasteiger partial charge in [0.2, 0.25) is 11.8 Å². The summed E-state index contributed by atoms with van der Waals surface area (Å²) < 4.78 is 0. The van der Waals surface area contributed by atoms with Crippen LogP contribution in [0.5, 0.6) is 0 Å². The standard InChI is InChI=1S/C15H17N3O2/c1-3-11(2)9-15(20)18-13-6-4-5-12(10-13)17-14(19)7-8-16/h4-6,9-10H,3,7H2,1-2H3,(H,17,19)(H,18,20)/b11-9+. The van der Waals surface area contributed by atoms with Crippen LogP contribution in [0.25, 0.3) is 0 Å². The van der Waals surface area contributed by atoms with Crippen molar-refractivity contribution >= 4 is 23.2 Å². The molecule has 20 heavy (non-hydrogen) atoms. The van der Waals surface area contributed by atoms with Gasteiger partial charge in [-0.2, -0.15) is 5.26 Å².